The van der Waals surface area contributed by atoms with Crippen LogP contribution >= 0.6 is 0 Å². The molecule has 2 nitrogen and oxygen atoms in total. The van der Waals surface area contributed by atoms with Gasteiger partial charge in [0.25, 0.3) is 11.7 Å². The minimum Gasteiger partial charge on any atom is -0.248 e. The third kappa shape index (κ3) is 3.47. The average Bonchev–Trinajstić information content (AvgIpc) is 2.33. The SMILES string of the molecule is [CH2]CC1C[CH]C(F)(OC(F)(F)F)C1(F)OC(F)(F)F. The molecule has 2 radical (unpaired) electrons. The molecule has 1 saturated carbocycles. The Kier molecular flexibility index (Phi) is 4.08. The van der Waals surface area contributed by atoms with E-state index in [0.717, 1.165) is 0 Å². The van der Waals surface area contributed by atoms with E-state index in [-0.39, 0.29) is 6.42 Å². The van der Waals surface area contributed by atoms with Crippen molar-refractivity contribution in [3.05, 3.63) is 13.3 Å². The van der Waals surface area contributed by atoms with Crippen molar-refractivity contribution in [2.24, 2.45) is 5.92 Å². The van der Waals surface area contributed by atoms with E-state index in [0.29, 0.717) is 0 Å². The Morgan fingerprint density at radius 3 is 1.89 bits per heavy atom. The third-order valence-corrected chi connectivity index (χ3v) is 2.53. The fourth-order valence-electron chi connectivity index (χ4n) is 1.77. The Bertz CT molecular complexity index is 327. The molecular formula is C9H8F8O2. The standard InChI is InChI=1S/C9H8F8O2/c1-2-5-3-4-6(10,18-8(12,13)14)7(5,11)19-9(15,16)17/h4-5H,1-3H2. The highest BCUT2D eigenvalue weighted by Gasteiger charge is 2.71. The van der Waals surface area contributed by atoms with Gasteiger partial charge in [0.2, 0.25) is 0 Å². The molecule has 0 saturated heterocycles. The van der Waals surface area contributed by atoms with Crippen molar-refractivity contribution in [1.82, 2.24) is 0 Å². The molecule has 1 aliphatic rings. The van der Waals surface area contributed by atoms with Gasteiger partial charge in [-0.15, -0.1) is 26.3 Å². The van der Waals surface area contributed by atoms with Crippen LogP contribution in [0.25, 0.3) is 0 Å². The zero-order valence-corrected chi connectivity index (χ0v) is 9.12. The van der Waals surface area contributed by atoms with Crippen LogP contribution in [0.3, 0.4) is 0 Å². The quantitative estimate of drug-likeness (QED) is 0.737. The molecule has 0 aromatic heterocycles. The van der Waals surface area contributed by atoms with Crippen molar-refractivity contribution >= 4 is 0 Å². The molecule has 0 bridgehead atoms. The van der Waals surface area contributed by atoms with Crippen LogP contribution in [0.2, 0.25) is 0 Å². The minimum atomic E-state index is -5.67. The second-order valence-electron chi connectivity index (χ2n) is 3.81. The lowest BCUT2D eigenvalue weighted by Crippen LogP contribution is -2.55. The summed E-state index contributed by atoms with van der Waals surface area (Å²) in [7, 11) is 0. The second-order valence-corrected chi connectivity index (χ2v) is 3.81. The summed E-state index contributed by atoms with van der Waals surface area (Å²) < 4.78 is 106. The van der Waals surface area contributed by atoms with Crippen molar-refractivity contribution in [3.8, 4) is 0 Å². The Hall–Kier alpha value is -0.640. The normalized spacial score (nSPS) is 36.8. The molecule has 1 fully saturated rings. The van der Waals surface area contributed by atoms with Crippen molar-refractivity contribution in [1.29, 1.82) is 0 Å². The molecule has 3 unspecified atom stereocenters. The Morgan fingerprint density at radius 2 is 1.53 bits per heavy atom. The van der Waals surface area contributed by atoms with Crippen molar-refractivity contribution in [2.45, 2.75) is 37.3 Å². The molecule has 0 aliphatic heterocycles. The van der Waals surface area contributed by atoms with Gasteiger partial charge in [0.05, 0.1) is 0 Å². The Balaban J connectivity index is 3.09. The average molecular weight is 300 g/mol. The molecule has 10 heteroatoms. The highest BCUT2D eigenvalue weighted by atomic mass is 19.4. The fourth-order valence-corrected chi connectivity index (χ4v) is 1.77. The van der Waals surface area contributed by atoms with E-state index in [4.69, 9.17) is 0 Å². The van der Waals surface area contributed by atoms with E-state index < -0.39 is 43.2 Å². The summed E-state index contributed by atoms with van der Waals surface area (Å²) in [6, 6.07) is 0. The van der Waals surface area contributed by atoms with Crippen LogP contribution in [0.4, 0.5) is 35.1 Å². The van der Waals surface area contributed by atoms with Crippen LogP contribution < -0.4 is 0 Å². The summed E-state index contributed by atoms with van der Waals surface area (Å²) in [5.41, 5.74) is 0. The molecule has 19 heavy (non-hydrogen) atoms. The number of hydrogen-bond donors (Lipinski definition) is 0. The molecule has 112 valence electrons. The number of alkyl halides is 8. The van der Waals surface area contributed by atoms with Gasteiger partial charge in [-0.2, -0.15) is 0 Å². The molecule has 1 rings (SSSR count). The van der Waals surface area contributed by atoms with Crippen LogP contribution in [0.15, 0.2) is 0 Å². The molecule has 0 spiro atoms. The smallest absolute Gasteiger partial charge is 0.248 e. The summed E-state index contributed by atoms with van der Waals surface area (Å²) in [6.07, 6.45) is -12.7. The van der Waals surface area contributed by atoms with Gasteiger partial charge >= 0.3 is 12.7 Å². The summed E-state index contributed by atoms with van der Waals surface area (Å²) in [5, 5.41) is 0. The predicted molar refractivity (Wildman–Crippen MR) is 44.3 cm³/mol. The largest absolute Gasteiger partial charge is 0.525 e. The first kappa shape index (κ1) is 16.4. The second kappa shape index (κ2) is 4.72. The number of ether oxygens (including phenoxy) is 2. The zero-order chi connectivity index (χ0) is 15.1. The summed E-state index contributed by atoms with van der Waals surface area (Å²) in [6.45, 7) is 3.04. The third-order valence-electron chi connectivity index (χ3n) is 2.53. The highest BCUT2D eigenvalue weighted by molar-refractivity contribution is 5.10. The van der Waals surface area contributed by atoms with E-state index in [1.807, 2.05) is 0 Å². The minimum absolute atomic E-state index is 0.0159. The first-order valence-electron chi connectivity index (χ1n) is 4.88. The number of hydrogen-bond acceptors (Lipinski definition) is 2. The van der Waals surface area contributed by atoms with Crippen LogP contribution in [-0.2, 0) is 9.47 Å². The summed E-state index contributed by atoms with van der Waals surface area (Å²) in [4.78, 5) is 0. The lowest BCUT2D eigenvalue weighted by atomic mass is 9.99. The van der Waals surface area contributed by atoms with Gasteiger partial charge in [-0.1, -0.05) is 6.92 Å². The molecule has 0 N–H and O–H groups in total. The first-order valence-corrected chi connectivity index (χ1v) is 4.88. The van der Waals surface area contributed by atoms with Gasteiger partial charge in [0.15, 0.2) is 0 Å². The zero-order valence-electron chi connectivity index (χ0n) is 9.12. The van der Waals surface area contributed by atoms with Gasteiger partial charge in [-0.05, 0) is 12.8 Å². The van der Waals surface area contributed by atoms with Gasteiger partial charge < -0.3 is 0 Å². The lowest BCUT2D eigenvalue weighted by Gasteiger charge is -2.36. The number of rotatable bonds is 3. The van der Waals surface area contributed by atoms with E-state index in [9.17, 15) is 35.1 Å². The van der Waals surface area contributed by atoms with E-state index >= 15 is 0 Å². The first-order chi connectivity index (χ1) is 8.33. The van der Waals surface area contributed by atoms with Crippen molar-refractivity contribution in [3.63, 3.8) is 0 Å². The van der Waals surface area contributed by atoms with Crippen LogP contribution in [0, 0.1) is 19.3 Å². The maximum atomic E-state index is 14.0. The van der Waals surface area contributed by atoms with Crippen LogP contribution in [0.5, 0.6) is 0 Å². The van der Waals surface area contributed by atoms with Gasteiger partial charge in [0.1, 0.15) is 0 Å². The van der Waals surface area contributed by atoms with Gasteiger partial charge in [-0.3, -0.25) is 0 Å². The molecule has 0 aromatic carbocycles. The Morgan fingerprint density at radius 1 is 1.05 bits per heavy atom. The summed E-state index contributed by atoms with van der Waals surface area (Å²) >= 11 is 0. The molecule has 0 amide bonds. The van der Waals surface area contributed by atoms with E-state index in [2.05, 4.69) is 16.4 Å². The van der Waals surface area contributed by atoms with E-state index in [1.165, 1.54) is 0 Å². The van der Waals surface area contributed by atoms with Crippen LogP contribution in [-0.4, -0.2) is 24.4 Å². The molecule has 0 heterocycles. The fraction of sp³-hybridized carbons (Fsp3) is 0.778. The monoisotopic (exact) mass is 300 g/mol. The maximum Gasteiger partial charge on any atom is 0.525 e. The molecule has 1 aliphatic carbocycles. The molecule has 0 aromatic rings. The molecular weight excluding hydrogens is 292 g/mol. The topological polar surface area (TPSA) is 18.5 Å². The van der Waals surface area contributed by atoms with Crippen LogP contribution in [0.1, 0.15) is 12.8 Å². The number of halogens is 8. The van der Waals surface area contributed by atoms with Gasteiger partial charge in [-0.25, -0.2) is 18.3 Å². The van der Waals surface area contributed by atoms with Crippen molar-refractivity contribution in [2.75, 3.05) is 0 Å². The highest BCUT2D eigenvalue weighted by Crippen LogP contribution is 2.55. The van der Waals surface area contributed by atoms with Gasteiger partial charge in [0, 0.05) is 12.3 Å². The summed E-state index contributed by atoms with van der Waals surface area (Å²) in [5.74, 6) is -10.6. The van der Waals surface area contributed by atoms with E-state index in [1.54, 1.807) is 0 Å². The predicted octanol–water partition coefficient (Wildman–Crippen LogP) is 3.84. The molecule has 3 atom stereocenters. The maximum absolute atomic E-state index is 14.0. The lowest BCUT2D eigenvalue weighted by molar-refractivity contribution is -0.477. The Labute approximate surface area is 102 Å². The van der Waals surface area contributed by atoms with Crippen molar-refractivity contribution < 1.29 is 44.6 Å².